The standard InChI is InChI=1S/C27H24ClNO6/c1-4-35-22-14-17(8-12-21(22)34-3)24-23(25(31)16-6-9-18(28)10-7-16)26(32)27(33)29(24)19-13-15(2)5-11-20(19)30/h5-14,24,30-31H,4H2,1-3H3/b25-23-. The number of amides is 1. The fourth-order valence-electron chi connectivity index (χ4n) is 4.12. The summed E-state index contributed by atoms with van der Waals surface area (Å²) < 4.78 is 11.1. The Kier molecular flexibility index (Phi) is 6.71. The highest BCUT2D eigenvalue weighted by Gasteiger charge is 2.48. The molecule has 1 fully saturated rings. The van der Waals surface area contributed by atoms with Crippen molar-refractivity contribution in [2.24, 2.45) is 0 Å². The van der Waals surface area contributed by atoms with Crippen LogP contribution in [0.25, 0.3) is 5.76 Å². The number of nitrogens with zero attached hydrogens (tertiary/aromatic N) is 1. The molecule has 0 bridgehead atoms. The van der Waals surface area contributed by atoms with Gasteiger partial charge in [-0.15, -0.1) is 0 Å². The average Bonchev–Trinajstić information content (AvgIpc) is 3.11. The summed E-state index contributed by atoms with van der Waals surface area (Å²) in [6.07, 6.45) is 0. The summed E-state index contributed by atoms with van der Waals surface area (Å²) >= 11 is 5.98. The maximum absolute atomic E-state index is 13.3. The van der Waals surface area contributed by atoms with E-state index in [1.54, 1.807) is 54.6 Å². The van der Waals surface area contributed by atoms with E-state index in [0.717, 1.165) is 5.56 Å². The maximum Gasteiger partial charge on any atom is 0.300 e. The number of aromatic hydroxyl groups is 1. The first kappa shape index (κ1) is 24.2. The number of aryl methyl sites for hydroxylation is 1. The Morgan fingerprint density at radius 3 is 2.40 bits per heavy atom. The van der Waals surface area contributed by atoms with Crippen LogP contribution in [0.2, 0.25) is 5.02 Å². The summed E-state index contributed by atoms with van der Waals surface area (Å²) in [5.74, 6) is -1.39. The number of halogens is 1. The molecule has 0 radical (unpaired) electrons. The number of hydrogen-bond acceptors (Lipinski definition) is 6. The Morgan fingerprint density at radius 1 is 1.03 bits per heavy atom. The van der Waals surface area contributed by atoms with E-state index in [4.69, 9.17) is 21.1 Å². The van der Waals surface area contributed by atoms with Crippen LogP contribution in [0.5, 0.6) is 17.2 Å². The zero-order valence-electron chi connectivity index (χ0n) is 19.4. The summed E-state index contributed by atoms with van der Waals surface area (Å²) in [7, 11) is 1.51. The van der Waals surface area contributed by atoms with Crippen LogP contribution in [-0.2, 0) is 9.59 Å². The third-order valence-electron chi connectivity index (χ3n) is 5.76. The number of carbonyl (C=O) groups excluding carboxylic acids is 2. The van der Waals surface area contributed by atoms with Crippen LogP contribution in [0, 0.1) is 6.92 Å². The van der Waals surface area contributed by atoms with Crippen LogP contribution in [0.4, 0.5) is 5.69 Å². The molecule has 8 heteroatoms. The van der Waals surface area contributed by atoms with Gasteiger partial charge in [-0.1, -0.05) is 23.7 Å². The monoisotopic (exact) mass is 493 g/mol. The van der Waals surface area contributed by atoms with E-state index in [9.17, 15) is 19.8 Å². The van der Waals surface area contributed by atoms with Crippen molar-refractivity contribution in [3.63, 3.8) is 0 Å². The number of rotatable bonds is 6. The van der Waals surface area contributed by atoms with Crippen molar-refractivity contribution in [1.29, 1.82) is 0 Å². The van der Waals surface area contributed by atoms with Gasteiger partial charge in [-0.25, -0.2) is 0 Å². The van der Waals surface area contributed by atoms with Crippen LogP contribution in [-0.4, -0.2) is 35.6 Å². The van der Waals surface area contributed by atoms with Gasteiger partial charge in [-0.3, -0.25) is 14.5 Å². The molecule has 4 rings (SSSR count). The van der Waals surface area contributed by atoms with Gasteiger partial charge in [0.1, 0.15) is 11.5 Å². The van der Waals surface area contributed by atoms with Crippen molar-refractivity contribution in [2.45, 2.75) is 19.9 Å². The molecule has 1 aliphatic rings. The average molecular weight is 494 g/mol. The zero-order valence-corrected chi connectivity index (χ0v) is 20.2. The van der Waals surface area contributed by atoms with Crippen molar-refractivity contribution in [2.75, 3.05) is 18.6 Å². The summed E-state index contributed by atoms with van der Waals surface area (Å²) in [5.41, 5.74) is 1.63. The Morgan fingerprint density at radius 2 is 1.74 bits per heavy atom. The lowest BCUT2D eigenvalue weighted by molar-refractivity contribution is -0.132. The van der Waals surface area contributed by atoms with Crippen molar-refractivity contribution in [3.05, 3.63) is 87.9 Å². The minimum atomic E-state index is -1.04. The van der Waals surface area contributed by atoms with E-state index in [-0.39, 0.29) is 22.8 Å². The number of aliphatic hydroxyl groups is 1. The third kappa shape index (κ3) is 4.42. The summed E-state index contributed by atoms with van der Waals surface area (Å²) in [6.45, 7) is 4.00. The Balaban J connectivity index is 1.99. The lowest BCUT2D eigenvalue weighted by Crippen LogP contribution is -2.29. The molecule has 0 aliphatic carbocycles. The number of ketones is 1. The van der Waals surface area contributed by atoms with Gasteiger partial charge < -0.3 is 19.7 Å². The van der Waals surface area contributed by atoms with Crippen molar-refractivity contribution < 1.29 is 29.3 Å². The van der Waals surface area contributed by atoms with Crippen molar-refractivity contribution in [1.82, 2.24) is 0 Å². The summed E-state index contributed by atoms with van der Waals surface area (Å²) in [4.78, 5) is 27.8. The van der Waals surface area contributed by atoms with Crippen molar-refractivity contribution in [3.8, 4) is 17.2 Å². The zero-order chi connectivity index (χ0) is 25.3. The number of aliphatic hydroxyl groups excluding tert-OH is 1. The van der Waals surface area contributed by atoms with Crippen LogP contribution < -0.4 is 14.4 Å². The van der Waals surface area contributed by atoms with Gasteiger partial charge in [0, 0.05) is 10.6 Å². The number of Topliss-reactive ketones (excluding diaryl/α,β-unsaturated/α-hetero) is 1. The molecule has 3 aromatic carbocycles. The normalized spacial score (nSPS) is 17.0. The Hall–Kier alpha value is -3.97. The molecule has 1 aliphatic heterocycles. The van der Waals surface area contributed by atoms with Crippen LogP contribution >= 0.6 is 11.6 Å². The number of ether oxygens (including phenoxy) is 2. The number of benzene rings is 3. The van der Waals surface area contributed by atoms with Crippen LogP contribution in [0.3, 0.4) is 0 Å². The predicted molar refractivity (Wildman–Crippen MR) is 133 cm³/mol. The number of phenolic OH excluding ortho intramolecular Hbond substituents is 1. The molecule has 1 saturated heterocycles. The molecule has 1 heterocycles. The fraction of sp³-hybridized carbons (Fsp3) is 0.185. The highest BCUT2D eigenvalue weighted by atomic mass is 35.5. The van der Waals surface area contributed by atoms with Gasteiger partial charge in [0.15, 0.2) is 11.5 Å². The van der Waals surface area contributed by atoms with Crippen LogP contribution in [0.15, 0.2) is 66.2 Å². The third-order valence-corrected chi connectivity index (χ3v) is 6.01. The van der Waals surface area contributed by atoms with E-state index in [0.29, 0.717) is 34.3 Å². The molecule has 0 saturated carbocycles. The second kappa shape index (κ2) is 9.72. The van der Waals surface area contributed by atoms with Gasteiger partial charge in [0.2, 0.25) is 0 Å². The van der Waals surface area contributed by atoms with E-state index in [1.165, 1.54) is 18.1 Å². The maximum atomic E-state index is 13.3. The molecular formula is C27H24ClNO6. The number of carbonyl (C=O) groups is 2. The highest BCUT2D eigenvalue weighted by Crippen LogP contribution is 2.46. The van der Waals surface area contributed by atoms with Gasteiger partial charge in [0.25, 0.3) is 11.7 Å². The summed E-state index contributed by atoms with van der Waals surface area (Å²) in [5, 5.41) is 22.3. The van der Waals surface area contributed by atoms with E-state index in [1.807, 2.05) is 13.8 Å². The van der Waals surface area contributed by atoms with E-state index < -0.39 is 17.7 Å². The highest BCUT2D eigenvalue weighted by molar-refractivity contribution is 6.52. The van der Waals surface area contributed by atoms with Gasteiger partial charge >= 0.3 is 0 Å². The number of methoxy groups -OCH3 is 1. The molecule has 1 unspecified atom stereocenters. The molecule has 35 heavy (non-hydrogen) atoms. The van der Waals surface area contributed by atoms with Crippen LogP contribution in [0.1, 0.15) is 29.7 Å². The number of phenols is 1. The van der Waals surface area contributed by atoms with Gasteiger partial charge in [0.05, 0.1) is 31.0 Å². The second-order valence-electron chi connectivity index (χ2n) is 8.01. The first-order valence-electron chi connectivity index (χ1n) is 10.9. The molecular weight excluding hydrogens is 470 g/mol. The molecule has 3 aromatic rings. The molecule has 180 valence electrons. The van der Waals surface area contributed by atoms with Gasteiger partial charge in [-0.2, -0.15) is 0 Å². The molecule has 0 aromatic heterocycles. The first-order valence-corrected chi connectivity index (χ1v) is 11.3. The minimum absolute atomic E-state index is 0.120. The molecule has 1 amide bonds. The quantitative estimate of drug-likeness (QED) is 0.271. The lowest BCUT2D eigenvalue weighted by atomic mass is 9.94. The first-order chi connectivity index (χ1) is 16.8. The SMILES string of the molecule is CCOc1cc(C2/C(=C(/O)c3ccc(Cl)cc3)C(=O)C(=O)N2c2cc(C)ccc2O)ccc1OC. The Labute approximate surface area is 207 Å². The topological polar surface area (TPSA) is 96.3 Å². The molecule has 2 N–H and O–H groups in total. The summed E-state index contributed by atoms with van der Waals surface area (Å²) in [6, 6.07) is 15.0. The Bertz CT molecular complexity index is 1330. The molecule has 1 atom stereocenters. The van der Waals surface area contributed by atoms with E-state index >= 15 is 0 Å². The van der Waals surface area contributed by atoms with Crippen molar-refractivity contribution >= 4 is 34.7 Å². The number of hydrogen-bond donors (Lipinski definition) is 2. The minimum Gasteiger partial charge on any atom is -0.507 e. The number of anilines is 1. The van der Waals surface area contributed by atoms with E-state index in [2.05, 4.69) is 0 Å². The lowest BCUT2D eigenvalue weighted by Gasteiger charge is -2.27. The molecule has 0 spiro atoms. The predicted octanol–water partition coefficient (Wildman–Crippen LogP) is 5.39. The molecule has 7 nitrogen and oxygen atoms in total. The smallest absolute Gasteiger partial charge is 0.300 e. The van der Waals surface area contributed by atoms with Gasteiger partial charge in [-0.05, 0) is 73.5 Å². The largest absolute Gasteiger partial charge is 0.507 e. The second-order valence-corrected chi connectivity index (χ2v) is 8.45. The fourth-order valence-corrected chi connectivity index (χ4v) is 4.24.